The molecule has 0 radical (unpaired) electrons. The average Bonchev–Trinajstić information content (AvgIpc) is 2.33. The largest absolute Gasteiger partial charge is 0.330 e. The van der Waals surface area contributed by atoms with E-state index in [9.17, 15) is 0 Å². The predicted molar refractivity (Wildman–Crippen MR) is 77.9 cm³/mol. The van der Waals surface area contributed by atoms with Gasteiger partial charge in [0.15, 0.2) is 0 Å². The lowest BCUT2D eigenvalue weighted by Crippen LogP contribution is -2.35. The molecule has 1 atom stereocenters. The second-order valence-corrected chi connectivity index (χ2v) is 5.13. The molecule has 3 nitrogen and oxygen atoms in total. The average molecular weight is 270 g/mol. The van der Waals surface area contributed by atoms with Crippen LogP contribution in [0, 0.1) is 12.8 Å². The fourth-order valence-corrected chi connectivity index (χ4v) is 2.62. The van der Waals surface area contributed by atoms with E-state index >= 15 is 0 Å². The van der Waals surface area contributed by atoms with Gasteiger partial charge in [-0.3, -0.25) is 9.88 Å². The van der Waals surface area contributed by atoms with Gasteiger partial charge in [0.25, 0.3) is 0 Å². The minimum Gasteiger partial charge on any atom is -0.330 e. The van der Waals surface area contributed by atoms with Crippen LogP contribution >= 0.6 is 12.4 Å². The Hall–Kier alpha value is -0.640. The summed E-state index contributed by atoms with van der Waals surface area (Å²) >= 11 is 0. The van der Waals surface area contributed by atoms with E-state index in [-0.39, 0.29) is 12.4 Å². The Morgan fingerprint density at radius 2 is 2.28 bits per heavy atom. The molecule has 1 saturated heterocycles. The highest BCUT2D eigenvalue weighted by Crippen LogP contribution is 2.20. The number of likely N-dealkylation sites (tertiary alicyclic amines) is 1. The number of hydrogen-bond donors (Lipinski definition) is 1. The number of piperidine rings is 1. The number of hydrogen-bond acceptors (Lipinski definition) is 3. The van der Waals surface area contributed by atoms with Gasteiger partial charge in [0.05, 0.1) is 0 Å². The van der Waals surface area contributed by atoms with Gasteiger partial charge in [-0.1, -0.05) is 6.07 Å². The van der Waals surface area contributed by atoms with E-state index in [4.69, 9.17) is 5.73 Å². The van der Waals surface area contributed by atoms with E-state index in [1.807, 2.05) is 13.1 Å². The third kappa shape index (κ3) is 4.56. The van der Waals surface area contributed by atoms with Crippen molar-refractivity contribution in [2.75, 3.05) is 19.6 Å². The van der Waals surface area contributed by atoms with E-state index in [1.165, 1.54) is 37.9 Å². The highest BCUT2D eigenvalue weighted by molar-refractivity contribution is 5.85. The lowest BCUT2D eigenvalue weighted by molar-refractivity contribution is 0.163. The molecule has 102 valence electrons. The van der Waals surface area contributed by atoms with Crippen LogP contribution in [-0.2, 0) is 6.54 Å². The van der Waals surface area contributed by atoms with Gasteiger partial charge >= 0.3 is 0 Å². The van der Waals surface area contributed by atoms with Gasteiger partial charge < -0.3 is 5.73 Å². The Bertz CT molecular complexity index is 337. The number of nitrogens with two attached hydrogens (primary N) is 1. The molecule has 2 rings (SSSR count). The molecule has 0 amide bonds. The molecule has 1 aliphatic heterocycles. The monoisotopic (exact) mass is 269 g/mol. The van der Waals surface area contributed by atoms with Crippen LogP contribution in [0.1, 0.15) is 30.5 Å². The van der Waals surface area contributed by atoms with Crippen LogP contribution in [0.5, 0.6) is 0 Å². The van der Waals surface area contributed by atoms with Crippen molar-refractivity contribution in [3.05, 3.63) is 29.6 Å². The van der Waals surface area contributed by atoms with Gasteiger partial charge in [0, 0.05) is 25.0 Å². The van der Waals surface area contributed by atoms with Crippen LogP contribution in [0.3, 0.4) is 0 Å². The van der Waals surface area contributed by atoms with Crippen LogP contribution in [-0.4, -0.2) is 29.5 Å². The van der Waals surface area contributed by atoms with Crippen LogP contribution in [0.25, 0.3) is 0 Å². The van der Waals surface area contributed by atoms with Crippen molar-refractivity contribution in [3.8, 4) is 0 Å². The molecule has 1 unspecified atom stereocenters. The standard InChI is InChI=1S/C14H23N3.ClH/c1-12-4-5-14(9-16-12)11-17-8-2-3-13(10-17)6-7-15;/h4-5,9,13H,2-3,6-8,10-11,15H2,1H3;1H. The van der Waals surface area contributed by atoms with E-state index in [1.54, 1.807) is 0 Å². The number of aryl methyl sites for hydroxylation is 1. The number of aromatic nitrogens is 1. The third-order valence-corrected chi connectivity index (χ3v) is 3.56. The molecular formula is C14H24ClN3. The van der Waals surface area contributed by atoms with Crippen molar-refractivity contribution < 1.29 is 0 Å². The van der Waals surface area contributed by atoms with Crippen molar-refractivity contribution in [1.29, 1.82) is 0 Å². The first-order chi connectivity index (χ1) is 8.28. The first-order valence-electron chi connectivity index (χ1n) is 6.62. The van der Waals surface area contributed by atoms with E-state index in [0.717, 1.165) is 24.7 Å². The summed E-state index contributed by atoms with van der Waals surface area (Å²) in [5.41, 5.74) is 8.06. The second-order valence-electron chi connectivity index (χ2n) is 5.13. The van der Waals surface area contributed by atoms with Crippen molar-refractivity contribution >= 4 is 12.4 Å². The zero-order chi connectivity index (χ0) is 12.1. The van der Waals surface area contributed by atoms with Gasteiger partial charge in [0.1, 0.15) is 0 Å². The second kappa shape index (κ2) is 7.72. The molecule has 2 heterocycles. The molecule has 1 aromatic rings. The Morgan fingerprint density at radius 1 is 1.44 bits per heavy atom. The minimum absolute atomic E-state index is 0. The minimum atomic E-state index is 0. The van der Waals surface area contributed by atoms with E-state index < -0.39 is 0 Å². The molecule has 0 aliphatic carbocycles. The Morgan fingerprint density at radius 3 is 2.94 bits per heavy atom. The zero-order valence-electron chi connectivity index (χ0n) is 11.1. The van der Waals surface area contributed by atoms with Crippen LogP contribution in [0.4, 0.5) is 0 Å². The lowest BCUT2D eigenvalue weighted by atomic mass is 9.94. The zero-order valence-corrected chi connectivity index (χ0v) is 12.0. The molecule has 2 N–H and O–H groups in total. The van der Waals surface area contributed by atoms with Crippen LogP contribution in [0.2, 0.25) is 0 Å². The Balaban J connectivity index is 0.00000162. The summed E-state index contributed by atoms with van der Waals surface area (Å²) < 4.78 is 0. The maximum atomic E-state index is 5.65. The number of pyridine rings is 1. The SMILES string of the molecule is Cc1ccc(CN2CCCC(CCN)C2)cn1.Cl. The Labute approximate surface area is 116 Å². The first kappa shape index (κ1) is 15.4. The summed E-state index contributed by atoms with van der Waals surface area (Å²) in [5, 5.41) is 0. The van der Waals surface area contributed by atoms with Gasteiger partial charge in [-0.2, -0.15) is 0 Å². The van der Waals surface area contributed by atoms with Gasteiger partial charge in [-0.25, -0.2) is 0 Å². The van der Waals surface area contributed by atoms with Gasteiger partial charge in [-0.05, 0) is 56.8 Å². The molecule has 0 spiro atoms. The molecular weight excluding hydrogens is 246 g/mol. The topological polar surface area (TPSA) is 42.1 Å². The highest BCUT2D eigenvalue weighted by atomic mass is 35.5. The quantitative estimate of drug-likeness (QED) is 0.913. The molecule has 1 fully saturated rings. The van der Waals surface area contributed by atoms with Crippen molar-refractivity contribution in [3.63, 3.8) is 0 Å². The Kier molecular flexibility index (Phi) is 6.61. The molecule has 0 bridgehead atoms. The van der Waals surface area contributed by atoms with Gasteiger partial charge in [-0.15, -0.1) is 12.4 Å². The summed E-state index contributed by atoms with van der Waals surface area (Å²) in [4.78, 5) is 6.89. The highest BCUT2D eigenvalue weighted by Gasteiger charge is 2.19. The normalized spacial score (nSPS) is 20.4. The van der Waals surface area contributed by atoms with Crippen molar-refractivity contribution in [2.24, 2.45) is 11.7 Å². The summed E-state index contributed by atoms with van der Waals surface area (Å²) in [5.74, 6) is 0.798. The number of rotatable bonds is 4. The summed E-state index contributed by atoms with van der Waals surface area (Å²) in [6.07, 6.45) is 5.83. The molecule has 0 saturated carbocycles. The summed E-state index contributed by atoms with van der Waals surface area (Å²) in [7, 11) is 0. The lowest BCUT2D eigenvalue weighted by Gasteiger charge is -2.32. The molecule has 0 aromatic carbocycles. The van der Waals surface area contributed by atoms with E-state index in [0.29, 0.717) is 0 Å². The fraction of sp³-hybridized carbons (Fsp3) is 0.643. The molecule has 4 heteroatoms. The smallest absolute Gasteiger partial charge is 0.0372 e. The van der Waals surface area contributed by atoms with E-state index in [2.05, 4.69) is 22.0 Å². The van der Waals surface area contributed by atoms with Gasteiger partial charge in [0.2, 0.25) is 0 Å². The number of nitrogens with zero attached hydrogens (tertiary/aromatic N) is 2. The number of halogens is 1. The molecule has 1 aromatic heterocycles. The molecule has 18 heavy (non-hydrogen) atoms. The predicted octanol–water partition coefficient (Wildman–Crippen LogP) is 2.37. The first-order valence-corrected chi connectivity index (χ1v) is 6.62. The van der Waals surface area contributed by atoms with Crippen LogP contribution < -0.4 is 5.73 Å². The van der Waals surface area contributed by atoms with Crippen molar-refractivity contribution in [1.82, 2.24) is 9.88 Å². The van der Waals surface area contributed by atoms with Crippen molar-refractivity contribution in [2.45, 2.75) is 32.7 Å². The molecule has 1 aliphatic rings. The summed E-state index contributed by atoms with van der Waals surface area (Å²) in [6.45, 7) is 6.31. The fourth-order valence-electron chi connectivity index (χ4n) is 2.62. The third-order valence-electron chi connectivity index (χ3n) is 3.56. The summed E-state index contributed by atoms with van der Waals surface area (Å²) in [6, 6.07) is 4.28. The maximum absolute atomic E-state index is 5.65. The van der Waals surface area contributed by atoms with Crippen LogP contribution in [0.15, 0.2) is 18.3 Å². The maximum Gasteiger partial charge on any atom is 0.0372 e.